The molecule has 17 heavy (non-hydrogen) atoms. The van der Waals surface area contributed by atoms with Crippen molar-refractivity contribution in [3.8, 4) is 23.3 Å². The number of methoxy groups -OCH3 is 1. The Bertz CT molecular complexity index is 458. The number of benzene rings is 1. The molecule has 1 aromatic rings. The molecule has 0 aromatic heterocycles. The molecule has 0 radical (unpaired) electrons. The summed E-state index contributed by atoms with van der Waals surface area (Å²) in [6, 6.07) is 2.92. The van der Waals surface area contributed by atoms with Gasteiger partial charge < -0.3 is 15.2 Å². The van der Waals surface area contributed by atoms with Gasteiger partial charge >= 0.3 is 0 Å². The van der Waals surface area contributed by atoms with Crippen LogP contribution in [0.2, 0.25) is 0 Å². The Morgan fingerprint density at radius 2 is 2.29 bits per heavy atom. The zero-order valence-corrected chi connectivity index (χ0v) is 9.91. The van der Waals surface area contributed by atoms with Crippen molar-refractivity contribution < 1.29 is 14.6 Å². The number of nitrogens with one attached hydrogen (secondary N) is 1. The molecule has 4 heteroatoms. The summed E-state index contributed by atoms with van der Waals surface area (Å²) >= 11 is 0. The summed E-state index contributed by atoms with van der Waals surface area (Å²) < 4.78 is 4.97. The van der Waals surface area contributed by atoms with E-state index in [1.54, 1.807) is 6.07 Å². The van der Waals surface area contributed by atoms with Gasteiger partial charge in [0.05, 0.1) is 7.11 Å². The zero-order chi connectivity index (χ0) is 12.7. The highest BCUT2D eigenvalue weighted by molar-refractivity contribution is 5.81. The lowest BCUT2D eigenvalue weighted by molar-refractivity contribution is 0.112. The number of aldehydes is 1. The molecule has 0 heterocycles. The minimum Gasteiger partial charge on any atom is -0.504 e. The van der Waals surface area contributed by atoms with Crippen molar-refractivity contribution in [3.63, 3.8) is 0 Å². The van der Waals surface area contributed by atoms with E-state index in [4.69, 9.17) is 4.74 Å². The molecule has 0 unspecified atom stereocenters. The Morgan fingerprint density at radius 1 is 1.53 bits per heavy atom. The van der Waals surface area contributed by atoms with E-state index in [2.05, 4.69) is 17.2 Å². The third kappa shape index (κ3) is 3.51. The van der Waals surface area contributed by atoms with E-state index in [1.807, 2.05) is 7.05 Å². The second-order valence-corrected chi connectivity index (χ2v) is 3.38. The molecule has 0 aliphatic carbocycles. The van der Waals surface area contributed by atoms with E-state index in [0.717, 1.165) is 6.54 Å². The molecule has 0 saturated heterocycles. The molecule has 1 aromatic carbocycles. The van der Waals surface area contributed by atoms with E-state index < -0.39 is 0 Å². The number of ether oxygens (including phenoxy) is 1. The molecule has 0 spiro atoms. The predicted molar refractivity (Wildman–Crippen MR) is 65.5 cm³/mol. The number of carbonyl (C=O) groups is 1. The van der Waals surface area contributed by atoms with Crippen molar-refractivity contribution in [2.75, 3.05) is 20.7 Å². The Labute approximate surface area is 101 Å². The minimum absolute atomic E-state index is 0.0598. The smallest absolute Gasteiger partial charge is 0.161 e. The SMILES string of the molecule is CNCCC#Cc1cc(OC)c(O)cc1C=O. The third-order valence-corrected chi connectivity index (χ3v) is 2.20. The number of phenolic OH excluding ortho intramolecular Hbond substituents is 1. The molecule has 0 saturated carbocycles. The normalized spacial score (nSPS) is 9.29. The van der Waals surface area contributed by atoms with Gasteiger partial charge in [-0.2, -0.15) is 0 Å². The van der Waals surface area contributed by atoms with Gasteiger partial charge in [0.1, 0.15) is 0 Å². The van der Waals surface area contributed by atoms with E-state index in [-0.39, 0.29) is 5.75 Å². The van der Waals surface area contributed by atoms with Gasteiger partial charge in [0.2, 0.25) is 0 Å². The van der Waals surface area contributed by atoms with Gasteiger partial charge in [-0.1, -0.05) is 11.8 Å². The van der Waals surface area contributed by atoms with Gasteiger partial charge in [-0.25, -0.2) is 0 Å². The van der Waals surface area contributed by atoms with Crippen LogP contribution >= 0.6 is 0 Å². The first-order valence-corrected chi connectivity index (χ1v) is 5.22. The highest BCUT2D eigenvalue weighted by Gasteiger charge is 2.07. The fraction of sp³-hybridized carbons (Fsp3) is 0.308. The highest BCUT2D eigenvalue weighted by atomic mass is 16.5. The average molecular weight is 233 g/mol. The molecular formula is C13H15NO3. The summed E-state index contributed by atoms with van der Waals surface area (Å²) in [6.45, 7) is 0.790. The molecular weight excluding hydrogens is 218 g/mol. The molecule has 0 amide bonds. The third-order valence-electron chi connectivity index (χ3n) is 2.20. The monoisotopic (exact) mass is 233 g/mol. The van der Waals surface area contributed by atoms with E-state index >= 15 is 0 Å². The Morgan fingerprint density at radius 3 is 2.88 bits per heavy atom. The number of carbonyl (C=O) groups excluding carboxylic acids is 1. The second kappa shape index (κ2) is 6.56. The first kappa shape index (κ1) is 13.1. The number of aromatic hydroxyl groups is 1. The van der Waals surface area contributed by atoms with Crippen LogP contribution in [0.15, 0.2) is 12.1 Å². The molecule has 1 rings (SSSR count). The first-order valence-electron chi connectivity index (χ1n) is 5.22. The lowest BCUT2D eigenvalue weighted by Crippen LogP contribution is -2.05. The molecule has 0 atom stereocenters. The fourth-order valence-electron chi connectivity index (χ4n) is 1.30. The van der Waals surface area contributed by atoms with Crippen LogP contribution in [0.5, 0.6) is 11.5 Å². The van der Waals surface area contributed by atoms with Gasteiger partial charge in [0, 0.05) is 30.2 Å². The van der Waals surface area contributed by atoms with Gasteiger partial charge in [-0.05, 0) is 13.1 Å². The number of rotatable bonds is 4. The molecule has 0 bridgehead atoms. The van der Waals surface area contributed by atoms with Crippen LogP contribution in [-0.4, -0.2) is 32.1 Å². The quantitative estimate of drug-likeness (QED) is 0.465. The molecule has 90 valence electrons. The standard InChI is InChI=1S/C13H15NO3/c1-14-6-4-3-5-10-8-13(17-2)12(16)7-11(10)9-15/h7-9,14,16H,4,6H2,1-2H3. The van der Waals surface area contributed by atoms with Crippen molar-refractivity contribution in [1.29, 1.82) is 0 Å². The maximum atomic E-state index is 10.8. The summed E-state index contributed by atoms with van der Waals surface area (Å²) in [5, 5.41) is 12.5. The lowest BCUT2D eigenvalue weighted by Gasteiger charge is -2.05. The predicted octanol–water partition coefficient (Wildman–Crippen LogP) is 1.17. The maximum absolute atomic E-state index is 10.8. The van der Waals surface area contributed by atoms with Crippen molar-refractivity contribution >= 4 is 6.29 Å². The summed E-state index contributed by atoms with van der Waals surface area (Å²) in [5.74, 6) is 6.08. The van der Waals surface area contributed by atoms with Crippen molar-refractivity contribution in [2.24, 2.45) is 0 Å². The summed E-state index contributed by atoms with van der Waals surface area (Å²) in [7, 11) is 3.30. The maximum Gasteiger partial charge on any atom is 0.161 e. The molecule has 2 N–H and O–H groups in total. The summed E-state index contributed by atoms with van der Waals surface area (Å²) in [5.41, 5.74) is 0.922. The zero-order valence-electron chi connectivity index (χ0n) is 9.91. The van der Waals surface area contributed by atoms with Crippen LogP contribution in [0.3, 0.4) is 0 Å². The summed E-state index contributed by atoms with van der Waals surface area (Å²) in [6.07, 6.45) is 1.36. The van der Waals surface area contributed by atoms with Crippen molar-refractivity contribution in [3.05, 3.63) is 23.3 Å². The Kier molecular flexibility index (Phi) is 5.05. The number of hydrogen-bond acceptors (Lipinski definition) is 4. The Balaban J connectivity index is 3.02. The van der Waals surface area contributed by atoms with Gasteiger partial charge in [0.25, 0.3) is 0 Å². The van der Waals surface area contributed by atoms with Gasteiger partial charge in [-0.15, -0.1) is 0 Å². The lowest BCUT2D eigenvalue weighted by atomic mass is 10.1. The van der Waals surface area contributed by atoms with Crippen LogP contribution in [0.4, 0.5) is 0 Å². The van der Waals surface area contributed by atoms with E-state index in [0.29, 0.717) is 29.6 Å². The van der Waals surface area contributed by atoms with Crippen molar-refractivity contribution in [1.82, 2.24) is 5.32 Å². The second-order valence-electron chi connectivity index (χ2n) is 3.38. The Hall–Kier alpha value is -1.99. The molecule has 0 fully saturated rings. The number of hydrogen-bond donors (Lipinski definition) is 2. The van der Waals surface area contributed by atoms with Crippen molar-refractivity contribution in [2.45, 2.75) is 6.42 Å². The van der Waals surface area contributed by atoms with Crippen LogP contribution in [0.25, 0.3) is 0 Å². The molecule has 0 aliphatic heterocycles. The molecule has 4 nitrogen and oxygen atoms in total. The largest absolute Gasteiger partial charge is 0.504 e. The van der Waals surface area contributed by atoms with Crippen LogP contribution in [-0.2, 0) is 0 Å². The number of phenols is 1. The van der Waals surface area contributed by atoms with Crippen LogP contribution in [0.1, 0.15) is 22.3 Å². The van der Waals surface area contributed by atoms with E-state index in [9.17, 15) is 9.90 Å². The molecule has 0 aliphatic rings. The highest BCUT2D eigenvalue weighted by Crippen LogP contribution is 2.28. The van der Waals surface area contributed by atoms with E-state index in [1.165, 1.54) is 13.2 Å². The fourth-order valence-corrected chi connectivity index (χ4v) is 1.30. The van der Waals surface area contributed by atoms with Crippen LogP contribution < -0.4 is 10.1 Å². The van der Waals surface area contributed by atoms with Gasteiger partial charge in [-0.3, -0.25) is 4.79 Å². The topological polar surface area (TPSA) is 58.6 Å². The van der Waals surface area contributed by atoms with Crippen LogP contribution in [0, 0.1) is 11.8 Å². The first-order chi connectivity index (χ1) is 8.22. The summed E-state index contributed by atoms with van der Waals surface area (Å²) in [4.78, 5) is 10.8. The average Bonchev–Trinajstić information content (AvgIpc) is 2.35. The minimum atomic E-state index is -0.0598. The van der Waals surface area contributed by atoms with Gasteiger partial charge in [0.15, 0.2) is 17.8 Å².